The van der Waals surface area contributed by atoms with E-state index in [4.69, 9.17) is 4.74 Å². The van der Waals surface area contributed by atoms with Crippen LogP contribution in [0.25, 0.3) is 16.8 Å². The van der Waals surface area contributed by atoms with Crippen molar-refractivity contribution in [3.63, 3.8) is 0 Å². The second-order valence-electron chi connectivity index (χ2n) is 5.57. The van der Waals surface area contributed by atoms with E-state index in [9.17, 15) is 0 Å². The van der Waals surface area contributed by atoms with Crippen LogP contribution < -0.4 is 4.74 Å². The molecule has 0 radical (unpaired) electrons. The van der Waals surface area contributed by atoms with Gasteiger partial charge in [0.05, 0.1) is 18.5 Å². The van der Waals surface area contributed by atoms with E-state index in [0.29, 0.717) is 0 Å². The molecule has 0 saturated carbocycles. The highest BCUT2D eigenvalue weighted by atomic mass is 16.5. The third-order valence-corrected chi connectivity index (χ3v) is 4.02. The first-order chi connectivity index (χ1) is 10.6. The van der Waals surface area contributed by atoms with E-state index in [1.165, 1.54) is 22.3 Å². The van der Waals surface area contributed by atoms with Gasteiger partial charge in [0.2, 0.25) is 0 Å². The molecule has 0 aliphatic carbocycles. The zero-order valence-corrected chi connectivity index (χ0v) is 13.4. The largest absolute Gasteiger partial charge is 0.497 e. The van der Waals surface area contributed by atoms with Crippen molar-refractivity contribution in [1.29, 1.82) is 0 Å². The van der Waals surface area contributed by atoms with E-state index in [2.05, 4.69) is 55.5 Å². The normalized spacial score (nSPS) is 10.7. The zero-order valence-electron chi connectivity index (χ0n) is 13.4. The van der Waals surface area contributed by atoms with Crippen molar-refractivity contribution >= 4 is 0 Å². The number of rotatable bonds is 3. The zero-order chi connectivity index (χ0) is 15.7. The molecular weight excluding hydrogens is 272 g/mol. The molecule has 0 saturated heterocycles. The van der Waals surface area contributed by atoms with Crippen molar-refractivity contribution in [3.05, 3.63) is 65.5 Å². The Morgan fingerprint density at radius 1 is 0.909 bits per heavy atom. The van der Waals surface area contributed by atoms with Gasteiger partial charge in [0.25, 0.3) is 0 Å². The number of hydrogen-bond acceptors (Lipinski definition) is 2. The molecule has 0 amide bonds. The van der Waals surface area contributed by atoms with Crippen molar-refractivity contribution in [2.75, 3.05) is 7.11 Å². The summed E-state index contributed by atoms with van der Waals surface area (Å²) < 4.78 is 7.15. The first-order valence-corrected chi connectivity index (χ1v) is 7.37. The summed E-state index contributed by atoms with van der Waals surface area (Å²) in [6.07, 6.45) is 2.07. The van der Waals surface area contributed by atoms with Gasteiger partial charge >= 0.3 is 0 Å². The molecule has 3 aromatic rings. The number of benzene rings is 2. The van der Waals surface area contributed by atoms with Crippen LogP contribution >= 0.6 is 0 Å². The molecular formula is C19H20N2O. The molecule has 112 valence electrons. The van der Waals surface area contributed by atoms with Gasteiger partial charge in [-0.1, -0.05) is 18.2 Å². The van der Waals surface area contributed by atoms with Crippen LogP contribution in [0.2, 0.25) is 0 Å². The second kappa shape index (κ2) is 5.68. The highest BCUT2D eigenvalue weighted by molar-refractivity contribution is 5.69. The van der Waals surface area contributed by atoms with Crippen LogP contribution in [0, 0.1) is 20.8 Å². The van der Waals surface area contributed by atoms with Gasteiger partial charge < -0.3 is 4.74 Å². The molecule has 0 N–H and O–H groups in total. The maximum absolute atomic E-state index is 5.21. The molecule has 0 aliphatic heterocycles. The van der Waals surface area contributed by atoms with Crippen molar-refractivity contribution in [2.45, 2.75) is 20.8 Å². The molecule has 1 heterocycles. The van der Waals surface area contributed by atoms with Gasteiger partial charge in [-0.2, -0.15) is 5.10 Å². The van der Waals surface area contributed by atoms with E-state index in [0.717, 1.165) is 17.1 Å². The molecule has 22 heavy (non-hydrogen) atoms. The smallest absolute Gasteiger partial charge is 0.118 e. The van der Waals surface area contributed by atoms with Crippen LogP contribution in [0.15, 0.2) is 48.7 Å². The van der Waals surface area contributed by atoms with Gasteiger partial charge in [-0.15, -0.1) is 0 Å². The number of ether oxygens (including phenoxy) is 1. The Morgan fingerprint density at radius 2 is 1.64 bits per heavy atom. The Labute approximate surface area is 131 Å². The summed E-state index contributed by atoms with van der Waals surface area (Å²) in [5.41, 5.74) is 7.01. The van der Waals surface area contributed by atoms with Crippen molar-refractivity contribution in [1.82, 2.24) is 9.78 Å². The number of aromatic nitrogens is 2. The highest BCUT2D eigenvalue weighted by Gasteiger charge is 2.07. The minimum atomic E-state index is 0.875. The number of hydrogen-bond donors (Lipinski definition) is 0. The van der Waals surface area contributed by atoms with Crippen molar-refractivity contribution in [3.8, 4) is 22.6 Å². The lowest BCUT2D eigenvalue weighted by atomic mass is 10.00. The molecule has 0 unspecified atom stereocenters. The Bertz CT molecular complexity index is 781. The molecule has 3 nitrogen and oxygen atoms in total. The van der Waals surface area contributed by atoms with Crippen LogP contribution in [-0.2, 0) is 0 Å². The summed E-state index contributed by atoms with van der Waals surface area (Å²) in [5.74, 6) is 0.875. The molecule has 0 bridgehead atoms. The van der Waals surface area contributed by atoms with Crippen molar-refractivity contribution < 1.29 is 4.74 Å². The monoisotopic (exact) mass is 292 g/mol. The molecule has 1 aromatic heterocycles. The lowest BCUT2D eigenvalue weighted by Crippen LogP contribution is -1.96. The molecule has 0 atom stereocenters. The van der Waals surface area contributed by atoms with Gasteiger partial charge in [0.1, 0.15) is 5.75 Å². The molecule has 2 aromatic carbocycles. The number of methoxy groups -OCH3 is 1. The standard InChI is InChI=1S/C19H20N2O/c1-13-11-17(21-12-14(2)15(3)20-21)7-10-19(13)16-5-8-18(22-4)9-6-16/h5-12H,1-4H3. The fraction of sp³-hybridized carbons (Fsp3) is 0.211. The SMILES string of the molecule is COc1ccc(-c2ccc(-n3cc(C)c(C)n3)cc2C)cc1. The van der Waals surface area contributed by atoms with Gasteiger partial charge in [-0.25, -0.2) is 4.68 Å². The van der Waals surface area contributed by atoms with Crippen LogP contribution in [0.4, 0.5) is 0 Å². The Balaban J connectivity index is 1.97. The van der Waals surface area contributed by atoms with Crippen molar-refractivity contribution in [2.24, 2.45) is 0 Å². The molecule has 3 rings (SSSR count). The van der Waals surface area contributed by atoms with Gasteiger partial charge in [0, 0.05) is 6.20 Å². The van der Waals surface area contributed by atoms with Crippen LogP contribution in [0.3, 0.4) is 0 Å². The Morgan fingerprint density at radius 3 is 2.18 bits per heavy atom. The first kappa shape index (κ1) is 14.4. The first-order valence-electron chi connectivity index (χ1n) is 7.37. The minimum Gasteiger partial charge on any atom is -0.497 e. The molecule has 0 fully saturated rings. The predicted molar refractivity (Wildman–Crippen MR) is 89.8 cm³/mol. The molecule has 0 spiro atoms. The van der Waals surface area contributed by atoms with E-state index < -0.39 is 0 Å². The highest BCUT2D eigenvalue weighted by Crippen LogP contribution is 2.27. The van der Waals surface area contributed by atoms with E-state index >= 15 is 0 Å². The van der Waals surface area contributed by atoms with Gasteiger partial charge in [0.15, 0.2) is 0 Å². The topological polar surface area (TPSA) is 27.1 Å². The average Bonchev–Trinajstić information content (AvgIpc) is 2.87. The third-order valence-electron chi connectivity index (χ3n) is 4.02. The maximum atomic E-state index is 5.21. The summed E-state index contributed by atoms with van der Waals surface area (Å²) in [6, 6.07) is 14.6. The fourth-order valence-corrected chi connectivity index (χ4v) is 2.56. The van der Waals surface area contributed by atoms with E-state index in [-0.39, 0.29) is 0 Å². The van der Waals surface area contributed by atoms with E-state index in [1.54, 1.807) is 7.11 Å². The minimum absolute atomic E-state index is 0.875. The maximum Gasteiger partial charge on any atom is 0.118 e. The molecule has 0 aliphatic rings. The average molecular weight is 292 g/mol. The summed E-state index contributed by atoms with van der Waals surface area (Å²) >= 11 is 0. The second-order valence-corrected chi connectivity index (χ2v) is 5.57. The number of aryl methyl sites for hydroxylation is 3. The third kappa shape index (κ3) is 2.62. The lowest BCUT2D eigenvalue weighted by molar-refractivity contribution is 0.415. The van der Waals surface area contributed by atoms with Crippen LogP contribution in [0.5, 0.6) is 5.75 Å². The fourth-order valence-electron chi connectivity index (χ4n) is 2.56. The van der Waals surface area contributed by atoms with Crippen LogP contribution in [-0.4, -0.2) is 16.9 Å². The van der Waals surface area contributed by atoms with Crippen LogP contribution in [0.1, 0.15) is 16.8 Å². The summed E-state index contributed by atoms with van der Waals surface area (Å²) in [7, 11) is 1.68. The summed E-state index contributed by atoms with van der Waals surface area (Å²) in [6.45, 7) is 6.24. The van der Waals surface area contributed by atoms with Gasteiger partial charge in [-0.3, -0.25) is 0 Å². The molecule has 3 heteroatoms. The lowest BCUT2D eigenvalue weighted by Gasteiger charge is -2.10. The Kier molecular flexibility index (Phi) is 3.72. The van der Waals surface area contributed by atoms with Gasteiger partial charge in [-0.05, 0) is 67.3 Å². The summed E-state index contributed by atoms with van der Waals surface area (Å²) in [5, 5.41) is 4.55. The quantitative estimate of drug-likeness (QED) is 0.712. The Hall–Kier alpha value is -2.55. The summed E-state index contributed by atoms with van der Waals surface area (Å²) in [4.78, 5) is 0. The predicted octanol–water partition coefficient (Wildman–Crippen LogP) is 4.47. The number of nitrogens with zero attached hydrogens (tertiary/aromatic N) is 2. The van der Waals surface area contributed by atoms with E-state index in [1.807, 2.05) is 23.7 Å².